The molecule has 1 saturated heterocycles. The van der Waals surface area contributed by atoms with Crippen molar-refractivity contribution < 1.29 is 111 Å². The van der Waals surface area contributed by atoms with Crippen LogP contribution in [0.3, 0.4) is 0 Å². The second kappa shape index (κ2) is 52.7. The molecular formula is C107H156BrIN20O12S. The van der Waals surface area contributed by atoms with Gasteiger partial charge < -0.3 is 105 Å². The van der Waals surface area contributed by atoms with Gasteiger partial charge in [0.05, 0.1) is 89.7 Å². The second-order valence-electron chi connectivity index (χ2n) is 43.5. The first-order valence-electron chi connectivity index (χ1n) is 49.1. The van der Waals surface area contributed by atoms with E-state index in [1.807, 2.05) is 150 Å². The van der Waals surface area contributed by atoms with Crippen LogP contribution in [0, 0.1) is 0 Å². The van der Waals surface area contributed by atoms with Gasteiger partial charge in [0.1, 0.15) is 89.9 Å². The van der Waals surface area contributed by atoms with Gasteiger partial charge in [-0.3, -0.25) is 23.4 Å². The van der Waals surface area contributed by atoms with Gasteiger partial charge >= 0.3 is 0 Å². The number of benzene rings is 8. The number of nitrogens with zero attached hydrogens (tertiary/aromatic N) is 17. The average Bonchev–Trinajstić information content (AvgIpc) is 1.54. The molecular weight excluding hydrogens is 2000 g/mol. The Morgan fingerprint density at radius 3 is 0.852 bits per heavy atom. The number of aromatic nitrogens is 12. The molecule has 0 bridgehead atoms. The molecule has 35 heteroatoms. The van der Waals surface area contributed by atoms with E-state index in [1.165, 1.54) is 64.3 Å². The molecule has 8 aromatic carbocycles. The third-order valence-corrected chi connectivity index (χ3v) is 24.9. The van der Waals surface area contributed by atoms with Gasteiger partial charge in [-0.15, -0.1) is 60.0 Å². The van der Waals surface area contributed by atoms with E-state index in [0.29, 0.717) is 93.8 Å². The lowest BCUT2D eigenvalue weighted by molar-refractivity contribution is -0.890. The van der Waals surface area contributed by atoms with Gasteiger partial charge in [-0.2, -0.15) is 0 Å². The van der Waals surface area contributed by atoms with Gasteiger partial charge in [-0.25, -0.2) is 8.42 Å². The minimum absolute atomic E-state index is 0. The fraction of sp³-hybridized carbons (Fsp3) is 0.514. The highest BCUT2D eigenvalue weighted by Crippen LogP contribution is 2.42. The summed E-state index contributed by atoms with van der Waals surface area (Å²) >= 11 is 0. The van der Waals surface area contributed by atoms with E-state index in [9.17, 15) is 52.6 Å². The van der Waals surface area contributed by atoms with Crippen molar-refractivity contribution in [2.24, 2.45) is 0 Å². The zero-order valence-electron chi connectivity index (χ0n) is 88.0. The summed E-state index contributed by atoms with van der Waals surface area (Å²) in [5.41, 5.74) is 14.5. The topological polar surface area (TPSA) is 381 Å². The Bertz CT molecular complexity index is 5940. The molecule has 12 aromatic rings. The third kappa shape index (κ3) is 37.2. The maximum absolute atomic E-state index is 12.7. The van der Waals surface area contributed by atoms with Crippen LogP contribution in [0.1, 0.15) is 218 Å². The molecule has 13 rings (SSSR count). The number of carbonyl (C=O) groups is 4. The molecule has 0 atom stereocenters. The fourth-order valence-corrected chi connectivity index (χ4v) is 16.3. The molecule has 0 unspecified atom stereocenters. The summed E-state index contributed by atoms with van der Waals surface area (Å²) in [6.45, 7) is 36.8. The zero-order valence-corrected chi connectivity index (χ0v) is 92.5. The molecule has 4 amide bonds. The summed E-state index contributed by atoms with van der Waals surface area (Å²) in [6.07, 6.45) is 14.8. The molecule has 1 aliphatic heterocycles. The van der Waals surface area contributed by atoms with E-state index in [-0.39, 0.29) is 109 Å². The van der Waals surface area contributed by atoms with Crippen LogP contribution in [0.5, 0.6) is 23.0 Å². The van der Waals surface area contributed by atoms with E-state index < -0.39 is 10.4 Å². The quantitative estimate of drug-likeness (QED) is 0.00631. The molecule has 1 fully saturated rings. The second-order valence-corrected chi connectivity index (χ2v) is 44.7. The van der Waals surface area contributed by atoms with Crippen LogP contribution >= 0.6 is 0 Å². The van der Waals surface area contributed by atoms with Gasteiger partial charge in [0.15, 0.2) is 0 Å². The number of likely N-dealkylation sites (N-methyl/N-ethyl adjacent to an activating group) is 1. The fourth-order valence-electron chi connectivity index (χ4n) is 16.3. The number of phenolic OH excluding ortho intramolecular Hbond substituents is 4. The molecule has 0 spiro atoms. The molecule has 0 aliphatic carbocycles. The molecule has 7 N–H and O–H groups in total. The minimum Gasteiger partial charge on any atom is -1.00 e. The van der Waals surface area contributed by atoms with Crippen molar-refractivity contribution in [2.45, 2.75) is 221 Å². The maximum Gasteiger partial charge on any atom is 0.222 e. The standard InChI is InChI=1S/C32H49N5O2.2C25H35N5O2.C24H31N5O2.CH4O4S.BrH.HI/c1-7-8-9-10-11-14-21-37(5,6)22-15-20-33-30(38)19-18-25-23-26(32(2,3)4)31(39)29(24-25)36-34-27-16-12-13-17-28(27)35-36;2*1-25(2,3)19-16-18(12-13-23(31)26-14-9-15-30(4,5)6)17-22(24(19)32)29-27-20-10-7-8-11-21(20)28-29;1-24(2,3)18-15-17(9-10-22(30)28-13-11-27(4)12-14-28)16-21(23(18)31)29-25-19-7-5-6-8-20(19)26-29;1-5-6(2,3)4;;/h12-13,16-17,23-24H,7-11,14-15,18-22H2,1-6H3,(H-,33,38,39);2*7-8,10-11,16-17H,9,12-15H2,1-6H3,(H-,26,31,32);5-8,15-16,31H,9-14H2,1-4H3;1H3,(H,2,3,4);2*1H. The highest BCUT2D eigenvalue weighted by Gasteiger charge is 2.30. The number of phenols is 4. The van der Waals surface area contributed by atoms with Crippen LogP contribution in [0.2, 0.25) is 0 Å². The summed E-state index contributed by atoms with van der Waals surface area (Å²) in [5.74, 6) is 1.04. The van der Waals surface area contributed by atoms with Crippen LogP contribution in [-0.2, 0) is 81.1 Å². The number of aryl methyl sites for hydroxylation is 4. The van der Waals surface area contributed by atoms with Gasteiger partial charge in [-0.05, 0) is 162 Å². The van der Waals surface area contributed by atoms with Crippen LogP contribution in [-0.4, -0.2) is 283 Å². The molecule has 5 heterocycles. The lowest BCUT2D eigenvalue weighted by Crippen LogP contribution is -3.00. The van der Waals surface area contributed by atoms with Crippen molar-refractivity contribution >= 4 is 78.2 Å². The highest BCUT2D eigenvalue weighted by atomic mass is 127. The van der Waals surface area contributed by atoms with Crippen LogP contribution in [0.4, 0.5) is 0 Å². The molecule has 32 nitrogen and oxygen atoms in total. The van der Waals surface area contributed by atoms with E-state index in [0.717, 1.165) is 174 Å². The Morgan fingerprint density at radius 1 is 0.380 bits per heavy atom. The minimum atomic E-state index is -4.41. The molecule has 0 radical (unpaired) electrons. The number of hydrogen-bond donors (Lipinski definition) is 7. The number of unbranched alkanes of at least 4 members (excludes halogenated alkanes) is 5. The van der Waals surface area contributed by atoms with Gasteiger partial charge in [0.2, 0.25) is 34.0 Å². The zero-order chi connectivity index (χ0) is 103. The van der Waals surface area contributed by atoms with Crippen molar-refractivity contribution in [1.29, 1.82) is 0 Å². The predicted molar refractivity (Wildman–Crippen MR) is 555 cm³/mol. The Kier molecular flexibility index (Phi) is 43.9. The average molecular weight is 2150 g/mol. The molecule has 0 saturated carbocycles. The number of amides is 4. The highest BCUT2D eigenvalue weighted by molar-refractivity contribution is 7.80. The Balaban J connectivity index is 0.000000251. The van der Waals surface area contributed by atoms with E-state index in [4.69, 9.17) is 0 Å². The number of halogens is 2. The molecule has 776 valence electrons. The van der Waals surface area contributed by atoms with Crippen molar-refractivity contribution in [1.82, 2.24) is 85.7 Å². The predicted octanol–water partition coefficient (Wildman–Crippen LogP) is 9.67. The van der Waals surface area contributed by atoms with Gasteiger partial charge in [0.25, 0.3) is 0 Å². The van der Waals surface area contributed by atoms with Crippen LogP contribution in [0.25, 0.3) is 66.9 Å². The van der Waals surface area contributed by atoms with E-state index >= 15 is 0 Å². The third-order valence-electron chi connectivity index (χ3n) is 24.5. The van der Waals surface area contributed by atoms with Crippen molar-refractivity contribution in [3.05, 3.63) is 190 Å². The molecule has 4 aromatic heterocycles. The number of fused-ring (bicyclic) bond motifs is 4. The van der Waals surface area contributed by atoms with Gasteiger partial charge in [0, 0.05) is 113 Å². The number of quaternary nitrogens is 3. The smallest absolute Gasteiger partial charge is 0.222 e. The lowest BCUT2D eigenvalue weighted by atomic mass is 9.84. The number of hydrogen-bond acceptors (Lipinski definition) is 21. The lowest BCUT2D eigenvalue weighted by Gasteiger charge is -2.32. The summed E-state index contributed by atoms with van der Waals surface area (Å²) < 4.78 is 33.8. The summed E-state index contributed by atoms with van der Waals surface area (Å²) in [6, 6.07) is 46.1. The number of nitrogens with one attached hydrogen (secondary N) is 3. The largest absolute Gasteiger partial charge is 1.00 e. The van der Waals surface area contributed by atoms with Crippen molar-refractivity contribution in [3.8, 4) is 45.7 Å². The Hall–Kier alpha value is -10.6. The summed E-state index contributed by atoms with van der Waals surface area (Å²) in [4.78, 5) is 60.3. The number of piperazine rings is 1. The number of aromatic hydroxyl groups is 4. The Morgan fingerprint density at radius 2 is 0.613 bits per heavy atom. The van der Waals surface area contributed by atoms with Crippen molar-refractivity contribution in [2.75, 3.05) is 143 Å². The Labute approximate surface area is 868 Å². The van der Waals surface area contributed by atoms with Crippen molar-refractivity contribution in [3.63, 3.8) is 0 Å². The summed E-state index contributed by atoms with van der Waals surface area (Å²) in [7, 11) is 15.9. The van der Waals surface area contributed by atoms with Crippen LogP contribution < -0.4 is 56.9 Å². The first-order valence-corrected chi connectivity index (χ1v) is 50.5. The number of rotatable bonds is 36. The van der Waals surface area contributed by atoms with Crippen LogP contribution in [0.15, 0.2) is 146 Å². The molecule has 1 aliphatic rings. The normalized spacial score (nSPS) is 12.8. The monoisotopic (exact) mass is 2150 g/mol. The first-order chi connectivity index (χ1) is 65.7. The first kappa shape index (κ1) is 118. The molecule has 142 heavy (non-hydrogen) atoms. The van der Waals surface area contributed by atoms with E-state index in [2.05, 4.69) is 219 Å². The van der Waals surface area contributed by atoms with E-state index in [1.54, 1.807) is 0 Å². The number of carbonyl (C=O) groups excluding carboxylic acids is 4. The van der Waals surface area contributed by atoms with Gasteiger partial charge in [-0.1, -0.05) is 188 Å². The SMILES string of the molecule is CC(C)(C)c1cc(CCC(=O)NCCC[N+](C)(C)C)cc(-n2nc3ccccc3n2)c1O.CC(C)(C)c1cc(CCC(=O)NCCC[N+](C)(C)C)cc(-n2nc3ccccc3n2)c1O.CCCCCCCC[N+](C)(C)CCCNC(=O)CCc1cc(-n2nc3ccccc3n2)c(O)c(C(C)(C)C)c1.CN1CCN(C(=O)CCc2cc(-n3nc4ccccc4n3)c(O)c(C(C)(C)C)c2)CC1.COS(=O)(=O)[O-].[Br-].[I-]. The summed E-state index contributed by atoms with van der Waals surface area (Å²) in [5, 5.41) is 89.8. The maximum atomic E-state index is 12.7.